The second kappa shape index (κ2) is 9.84. The third kappa shape index (κ3) is 6.54. The van der Waals surface area contributed by atoms with Crippen LogP contribution in [0.25, 0.3) is 4.91 Å². The smallest absolute Gasteiger partial charge is 0.141 e. The van der Waals surface area contributed by atoms with Crippen molar-refractivity contribution >= 4 is 34.8 Å². The number of rotatable bonds is 4. The maximum absolute atomic E-state index is 12.6. The highest BCUT2D eigenvalue weighted by Gasteiger charge is 2.06. The van der Waals surface area contributed by atoms with Gasteiger partial charge in [0.15, 0.2) is 0 Å². The van der Waals surface area contributed by atoms with E-state index in [4.69, 9.17) is 17.3 Å². The second-order valence-electron chi connectivity index (χ2n) is 6.70. The lowest BCUT2D eigenvalue weighted by molar-refractivity contribution is 0.628. The molecule has 2 N–H and O–H groups in total. The molecule has 0 heterocycles. The van der Waals surface area contributed by atoms with Gasteiger partial charge in [-0.15, -0.1) is 12.6 Å². The van der Waals surface area contributed by atoms with E-state index in [0.29, 0.717) is 10.8 Å². The molecule has 0 aliphatic rings. The second-order valence-corrected chi connectivity index (χ2v) is 7.65. The molecule has 0 fully saturated rings. The first-order valence-electron chi connectivity index (χ1n) is 8.39. The van der Waals surface area contributed by atoms with Crippen molar-refractivity contribution in [2.45, 2.75) is 34.1 Å². The minimum absolute atomic E-state index is 0.0951. The maximum Gasteiger partial charge on any atom is 0.141 e. The van der Waals surface area contributed by atoms with E-state index in [9.17, 15) is 4.39 Å². The van der Waals surface area contributed by atoms with Crippen LogP contribution in [0.5, 0.6) is 0 Å². The van der Waals surface area contributed by atoms with E-state index >= 15 is 0 Å². The van der Waals surface area contributed by atoms with E-state index in [1.165, 1.54) is 28.8 Å². The number of halogens is 2. The molecule has 0 atom stereocenters. The highest BCUT2D eigenvalue weighted by molar-refractivity contribution is 7.90. The minimum atomic E-state index is -0.426. The molecule has 0 saturated heterocycles. The summed E-state index contributed by atoms with van der Waals surface area (Å²) in [6.07, 6.45) is 0.963. The van der Waals surface area contributed by atoms with Crippen molar-refractivity contribution < 1.29 is 4.39 Å². The van der Waals surface area contributed by atoms with Gasteiger partial charge in [0.25, 0.3) is 0 Å². The number of nitrogen functional groups attached to an aromatic ring is 1. The van der Waals surface area contributed by atoms with Crippen molar-refractivity contribution in [2.75, 3.05) is 5.73 Å². The van der Waals surface area contributed by atoms with E-state index < -0.39 is 5.82 Å². The highest BCUT2D eigenvalue weighted by atomic mass is 35.5. The topological polar surface area (TPSA) is 26.0 Å². The van der Waals surface area contributed by atoms with Crippen LogP contribution in [0.4, 0.5) is 10.1 Å². The van der Waals surface area contributed by atoms with Crippen molar-refractivity contribution in [1.29, 1.82) is 0 Å². The van der Waals surface area contributed by atoms with Gasteiger partial charge in [-0.3, -0.25) is 0 Å². The number of thiol groups is 1. The van der Waals surface area contributed by atoms with Crippen molar-refractivity contribution in [3.8, 4) is 0 Å². The van der Waals surface area contributed by atoms with Gasteiger partial charge in [-0.25, -0.2) is 4.39 Å². The molecule has 26 heavy (non-hydrogen) atoms. The van der Waals surface area contributed by atoms with E-state index in [0.717, 1.165) is 23.2 Å². The van der Waals surface area contributed by atoms with E-state index in [1.54, 1.807) is 6.07 Å². The lowest BCUT2D eigenvalue weighted by atomic mass is 9.93. The zero-order chi connectivity index (χ0) is 20.0. The predicted molar refractivity (Wildman–Crippen MR) is 117 cm³/mol. The molecule has 0 bridgehead atoms. The van der Waals surface area contributed by atoms with E-state index in [2.05, 4.69) is 65.6 Å². The zero-order valence-corrected chi connectivity index (χ0v) is 17.5. The summed E-state index contributed by atoms with van der Waals surface area (Å²) in [5.74, 6) is 0.118. The lowest BCUT2D eigenvalue weighted by Gasteiger charge is -2.13. The summed E-state index contributed by atoms with van der Waals surface area (Å²) >= 11 is 9.50. The Balaban J connectivity index is 0.000000273. The molecule has 0 aliphatic carbocycles. The van der Waals surface area contributed by atoms with Gasteiger partial charge in [0.2, 0.25) is 0 Å². The third-order valence-electron chi connectivity index (χ3n) is 4.21. The molecule has 0 aromatic heterocycles. The summed E-state index contributed by atoms with van der Waals surface area (Å²) in [6, 6.07) is 8.60. The molecule has 0 unspecified atom stereocenters. The van der Waals surface area contributed by atoms with Crippen LogP contribution in [0.3, 0.4) is 0 Å². The summed E-state index contributed by atoms with van der Waals surface area (Å²) in [7, 11) is 0. The number of allylic oxidation sites excluding steroid dienone is 1. The van der Waals surface area contributed by atoms with Gasteiger partial charge < -0.3 is 5.73 Å². The van der Waals surface area contributed by atoms with Gasteiger partial charge in [-0.2, -0.15) is 0 Å². The van der Waals surface area contributed by atoms with Gasteiger partial charge >= 0.3 is 0 Å². The van der Waals surface area contributed by atoms with Crippen molar-refractivity contribution in [3.05, 3.63) is 82.2 Å². The summed E-state index contributed by atoms with van der Waals surface area (Å²) in [5, 5.41) is 0.0951. The molecule has 0 aliphatic heterocycles. The molecule has 0 spiro atoms. The standard InChI is InChI=1S/C14H21N.C8H6ClFS/c1-9(2)10(3)6-13-7-12(5)14(15)8-11(13)4;1-5(11)6-2-3-8(10)7(9)4-6/h7-9H,3,6,15H2,1-2,4-5H3;2-4,11H,1H2. The van der Waals surface area contributed by atoms with Crippen LogP contribution in [0.1, 0.15) is 36.1 Å². The van der Waals surface area contributed by atoms with E-state index in [-0.39, 0.29) is 5.02 Å². The average Bonchev–Trinajstić information content (AvgIpc) is 2.55. The predicted octanol–water partition coefficient (Wildman–Crippen LogP) is 7.02. The quantitative estimate of drug-likeness (QED) is 0.327. The molecule has 140 valence electrons. The van der Waals surface area contributed by atoms with E-state index in [1.807, 2.05) is 0 Å². The van der Waals surface area contributed by atoms with Crippen LogP contribution < -0.4 is 5.73 Å². The summed E-state index contributed by atoms with van der Waals surface area (Å²) in [6.45, 7) is 16.2. The first-order chi connectivity index (χ1) is 12.0. The first kappa shape index (κ1) is 22.3. The van der Waals surface area contributed by atoms with Gasteiger partial charge in [0, 0.05) is 10.6 Å². The number of hydrogen-bond acceptors (Lipinski definition) is 2. The number of benzene rings is 2. The Labute approximate surface area is 167 Å². The normalized spacial score (nSPS) is 10.3. The van der Waals surface area contributed by atoms with Crippen LogP contribution in [-0.4, -0.2) is 0 Å². The zero-order valence-electron chi connectivity index (χ0n) is 15.9. The fraction of sp³-hybridized carbons (Fsp3) is 0.273. The summed E-state index contributed by atoms with van der Waals surface area (Å²) in [4.78, 5) is 0.576. The van der Waals surface area contributed by atoms with Gasteiger partial charge in [0.1, 0.15) is 5.82 Å². The lowest BCUT2D eigenvalue weighted by Crippen LogP contribution is -2.01. The monoisotopic (exact) mass is 391 g/mol. The number of anilines is 1. The SMILES string of the molecule is C=C(Cc1cc(C)c(N)cc1C)C(C)C.C=C(S)c1ccc(F)c(Cl)c1. The Morgan fingerprint density at radius 2 is 1.77 bits per heavy atom. The molecule has 2 aromatic carbocycles. The van der Waals surface area contributed by atoms with Gasteiger partial charge in [-0.1, -0.05) is 56.3 Å². The molecular weight excluding hydrogens is 365 g/mol. The molecule has 0 radical (unpaired) electrons. The Kier molecular flexibility index (Phi) is 8.45. The molecule has 0 saturated carbocycles. The van der Waals surface area contributed by atoms with Crippen molar-refractivity contribution in [3.63, 3.8) is 0 Å². The third-order valence-corrected chi connectivity index (χ3v) is 4.76. The van der Waals surface area contributed by atoms with Crippen LogP contribution in [0.15, 0.2) is 49.1 Å². The Morgan fingerprint density at radius 1 is 1.15 bits per heavy atom. The highest BCUT2D eigenvalue weighted by Crippen LogP contribution is 2.23. The summed E-state index contributed by atoms with van der Waals surface area (Å²) < 4.78 is 12.6. The van der Waals surface area contributed by atoms with Crippen LogP contribution >= 0.6 is 24.2 Å². The molecular formula is C22H27ClFNS. The number of hydrogen-bond donors (Lipinski definition) is 2. The fourth-order valence-electron chi connectivity index (χ4n) is 2.21. The Bertz CT molecular complexity index is 812. The average molecular weight is 392 g/mol. The van der Waals surface area contributed by atoms with Gasteiger partial charge in [-0.05, 0) is 66.6 Å². The molecule has 0 amide bonds. The van der Waals surface area contributed by atoms with Crippen molar-refractivity contribution in [1.82, 2.24) is 0 Å². The number of aryl methyl sites for hydroxylation is 2. The molecule has 4 heteroatoms. The minimum Gasteiger partial charge on any atom is -0.399 e. The largest absolute Gasteiger partial charge is 0.399 e. The molecule has 2 aromatic rings. The fourth-order valence-corrected chi connectivity index (χ4v) is 2.53. The van der Waals surface area contributed by atoms with Crippen LogP contribution in [0, 0.1) is 25.6 Å². The Morgan fingerprint density at radius 3 is 2.27 bits per heavy atom. The summed E-state index contributed by atoms with van der Waals surface area (Å²) in [5.41, 5.74) is 12.5. The maximum atomic E-state index is 12.6. The van der Waals surface area contributed by atoms with Crippen LogP contribution in [-0.2, 0) is 6.42 Å². The first-order valence-corrected chi connectivity index (χ1v) is 9.22. The Hall–Kier alpha value is -1.71. The van der Waals surface area contributed by atoms with Crippen molar-refractivity contribution in [2.24, 2.45) is 5.92 Å². The van der Waals surface area contributed by atoms with Gasteiger partial charge in [0.05, 0.1) is 5.02 Å². The number of nitrogens with two attached hydrogens (primary N) is 1. The molecule has 1 nitrogen and oxygen atoms in total. The molecule has 2 rings (SSSR count). The van der Waals surface area contributed by atoms with Crippen LogP contribution in [0.2, 0.25) is 5.02 Å².